The van der Waals surface area contributed by atoms with Crippen molar-refractivity contribution in [2.24, 2.45) is 0 Å². The van der Waals surface area contributed by atoms with E-state index in [0.717, 1.165) is 0 Å². The second-order valence-electron chi connectivity index (χ2n) is 1.84. The highest BCUT2D eigenvalue weighted by Crippen LogP contribution is 1.93. The van der Waals surface area contributed by atoms with Crippen molar-refractivity contribution in [1.29, 1.82) is 0 Å². The number of carbonyl (C=O) groups excluding carboxylic acids is 1. The lowest BCUT2D eigenvalue weighted by atomic mass is 10.3. The van der Waals surface area contributed by atoms with E-state index in [1.165, 1.54) is 6.20 Å². The van der Waals surface area contributed by atoms with Crippen molar-refractivity contribution in [3.8, 4) is 12.5 Å². The summed E-state index contributed by atoms with van der Waals surface area (Å²) >= 11 is 0. The number of nitrogens with one attached hydrogen (secondary N) is 1. The van der Waals surface area contributed by atoms with Crippen LogP contribution in [0.5, 0.6) is 0 Å². The summed E-state index contributed by atoms with van der Waals surface area (Å²) in [4.78, 5) is 14.7. The molecule has 0 aliphatic rings. The number of rotatable bonds is 1. The molecule has 1 heterocycles. The second-order valence-corrected chi connectivity index (χ2v) is 1.84. The van der Waals surface area contributed by atoms with Gasteiger partial charge in [0.2, 0.25) is 0 Å². The van der Waals surface area contributed by atoms with E-state index in [9.17, 15) is 4.79 Å². The second kappa shape index (κ2) is 3.37. The summed E-state index contributed by atoms with van der Waals surface area (Å²) in [6, 6.07) is 5.35. The van der Waals surface area contributed by atoms with Crippen molar-refractivity contribution in [3.63, 3.8) is 0 Å². The van der Waals surface area contributed by atoms with Gasteiger partial charge in [-0.1, -0.05) is 6.42 Å². The lowest BCUT2D eigenvalue weighted by Gasteiger charge is -1.94. The van der Waals surface area contributed by atoms with Gasteiger partial charge in [0.05, 0.1) is 5.56 Å². The Labute approximate surface area is 64.5 Å². The van der Waals surface area contributed by atoms with E-state index >= 15 is 0 Å². The molecule has 1 aromatic rings. The fraction of sp³-hybridized carbons (Fsp3) is 0. The molecule has 0 fully saturated rings. The summed E-state index contributed by atoms with van der Waals surface area (Å²) in [5.41, 5.74) is 0.463. The van der Waals surface area contributed by atoms with Gasteiger partial charge in [-0.15, -0.1) is 0 Å². The molecule has 0 atom stereocenters. The maximum absolute atomic E-state index is 11.0. The van der Waals surface area contributed by atoms with Gasteiger partial charge in [0.15, 0.2) is 0 Å². The molecular weight excluding hydrogens is 140 g/mol. The standard InChI is InChI=1S/C8H6N2O/c1-2-10-8(11)7-4-3-5-9-6-7/h1,3-6H,(H,10,11). The quantitative estimate of drug-likeness (QED) is 0.460. The highest BCUT2D eigenvalue weighted by atomic mass is 16.1. The first kappa shape index (κ1) is 7.29. The molecule has 54 valence electrons. The lowest BCUT2D eigenvalue weighted by Crippen LogP contribution is -2.17. The van der Waals surface area contributed by atoms with E-state index in [1.807, 2.05) is 6.04 Å². The zero-order chi connectivity index (χ0) is 8.10. The van der Waals surface area contributed by atoms with E-state index < -0.39 is 0 Å². The average Bonchev–Trinajstić information content (AvgIpc) is 2.07. The molecular formula is C8H6N2O. The van der Waals surface area contributed by atoms with E-state index in [-0.39, 0.29) is 5.91 Å². The Kier molecular flexibility index (Phi) is 2.24. The van der Waals surface area contributed by atoms with E-state index in [4.69, 9.17) is 6.42 Å². The van der Waals surface area contributed by atoms with Gasteiger partial charge in [-0.3, -0.25) is 15.1 Å². The highest BCUT2D eigenvalue weighted by Gasteiger charge is 2.00. The Morgan fingerprint density at radius 1 is 1.73 bits per heavy atom. The third-order valence-corrected chi connectivity index (χ3v) is 1.11. The van der Waals surface area contributed by atoms with Crippen LogP contribution in [0.3, 0.4) is 0 Å². The van der Waals surface area contributed by atoms with Gasteiger partial charge in [-0.25, -0.2) is 0 Å². The lowest BCUT2D eigenvalue weighted by molar-refractivity contribution is 0.0973. The number of amides is 1. The number of pyridine rings is 1. The zero-order valence-electron chi connectivity index (χ0n) is 5.74. The fourth-order valence-electron chi connectivity index (χ4n) is 0.635. The molecule has 0 radical (unpaired) electrons. The van der Waals surface area contributed by atoms with Crippen LogP contribution in [0.25, 0.3) is 0 Å². The van der Waals surface area contributed by atoms with Gasteiger partial charge >= 0.3 is 0 Å². The minimum atomic E-state index is -0.305. The molecule has 0 saturated heterocycles. The predicted molar refractivity (Wildman–Crippen MR) is 40.5 cm³/mol. The Morgan fingerprint density at radius 3 is 3.09 bits per heavy atom. The third-order valence-electron chi connectivity index (χ3n) is 1.11. The predicted octanol–water partition coefficient (Wildman–Crippen LogP) is 0.402. The maximum atomic E-state index is 11.0. The first-order chi connectivity index (χ1) is 5.34. The molecule has 1 rings (SSSR count). The van der Waals surface area contributed by atoms with Crippen LogP contribution in [0, 0.1) is 12.5 Å². The number of hydrogen-bond acceptors (Lipinski definition) is 2. The smallest absolute Gasteiger partial charge is 0.264 e. The van der Waals surface area contributed by atoms with Crippen molar-refractivity contribution >= 4 is 5.91 Å². The Balaban J connectivity index is 2.79. The van der Waals surface area contributed by atoms with Crippen LogP contribution >= 0.6 is 0 Å². The van der Waals surface area contributed by atoms with E-state index in [0.29, 0.717) is 5.56 Å². The van der Waals surface area contributed by atoms with Crippen LogP contribution in [-0.2, 0) is 0 Å². The Hall–Kier alpha value is -1.82. The van der Waals surface area contributed by atoms with Gasteiger partial charge in [-0.05, 0) is 12.1 Å². The molecule has 0 unspecified atom stereocenters. The van der Waals surface area contributed by atoms with Crippen LogP contribution in [0.4, 0.5) is 0 Å². The van der Waals surface area contributed by atoms with Crippen LogP contribution in [0.15, 0.2) is 24.5 Å². The molecule has 0 aliphatic heterocycles. The summed E-state index contributed by atoms with van der Waals surface area (Å²) in [5.74, 6) is -0.305. The van der Waals surface area contributed by atoms with Gasteiger partial charge in [0.1, 0.15) is 0 Å². The Bertz CT molecular complexity index is 287. The third kappa shape index (κ3) is 1.80. The van der Waals surface area contributed by atoms with Crippen LogP contribution in [0.2, 0.25) is 0 Å². The molecule has 1 N–H and O–H groups in total. The number of hydrogen-bond donors (Lipinski definition) is 1. The topological polar surface area (TPSA) is 42.0 Å². The molecule has 0 saturated carbocycles. The Morgan fingerprint density at radius 2 is 2.55 bits per heavy atom. The van der Waals surface area contributed by atoms with E-state index in [1.54, 1.807) is 18.3 Å². The summed E-state index contributed by atoms with van der Waals surface area (Å²) in [5, 5.41) is 2.21. The average molecular weight is 146 g/mol. The number of aromatic nitrogens is 1. The highest BCUT2D eigenvalue weighted by molar-refractivity contribution is 5.94. The largest absolute Gasteiger partial charge is 0.281 e. The van der Waals surface area contributed by atoms with Crippen molar-refractivity contribution in [2.45, 2.75) is 0 Å². The number of carbonyl (C=O) groups is 1. The van der Waals surface area contributed by atoms with E-state index in [2.05, 4.69) is 10.3 Å². The molecule has 0 bridgehead atoms. The van der Waals surface area contributed by atoms with Gasteiger partial charge in [0, 0.05) is 18.4 Å². The van der Waals surface area contributed by atoms with Gasteiger partial charge in [-0.2, -0.15) is 0 Å². The summed E-state index contributed by atoms with van der Waals surface area (Å²) in [7, 11) is 0. The number of terminal acetylenes is 1. The summed E-state index contributed by atoms with van der Waals surface area (Å²) < 4.78 is 0. The molecule has 3 heteroatoms. The summed E-state index contributed by atoms with van der Waals surface area (Å²) in [6.07, 6.45) is 7.91. The molecule has 0 aromatic carbocycles. The molecule has 11 heavy (non-hydrogen) atoms. The van der Waals surface area contributed by atoms with Gasteiger partial charge < -0.3 is 0 Å². The zero-order valence-corrected chi connectivity index (χ0v) is 5.74. The molecule has 3 nitrogen and oxygen atoms in total. The van der Waals surface area contributed by atoms with Gasteiger partial charge in [0.25, 0.3) is 5.91 Å². The van der Waals surface area contributed by atoms with Crippen LogP contribution in [0.1, 0.15) is 10.4 Å². The van der Waals surface area contributed by atoms with Crippen molar-refractivity contribution in [2.75, 3.05) is 0 Å². The van der Waals surface area contributed by atoms with Crippen LogP contribution < -0.4 is 5.32 Å². The van der Waals surface area contributed by atoms with Crippen LogP contribution in [-0.4, -0.2) is 10.9 Å². The SMILES string of the molecule is C#CNC(=O)c1cccnc1. The molecule has 1 amide bonds. The normalized spacial score (nSPS) is 8.27. The van der Waals surface area contributed by atoms with Crippen molar-refractivity contribution < 1.29 is 4.79 Å². The maximum Gasteiger partial charge on any atom is 0.264 e. The molecule has 0 spiro atoms. The monoisotopic (exact) mass is 146 g/mol. The minimum absolute atomic E-state index is 0.305. The number of nitrogens with zero attached hydrogens (tertiary/aromatic N) is 1. The molecule has 1 aromatic heterocycles. The van der Waals surface area contributed by atoms with Crippen molar-refractivity contribution in [3.05, 3.63) is 30.1 Å². The minimum Gasteiger partial charge on any atom is -0.281 e. The van der Waals surface area contributed by atoms with Crippen molar-refractivity contribution in [1.82, 2.24) is 10.3 Å². The summed E-state index contributed by atoms with van der Waals surface area (Å²) in [6.45, 7) is 0. The molecule has 0 aliphatic carbocycles. The first-order valence-electron chi connectivity index (χ1n) is 3.00. The first-order valence-corrected chi connectivity index (χ1v) is 3.00. The fourth-order valence-corrected chi connectivity index (χ4v) is 0.635.